The van der Waals surface area contributed by atoms with Crippen LogP contribution in [0.1, 0.15) is 83.1 Å². The summed E-state index contributed by atoms with van der Waals surface area (Å²) in [6, 6.07) is 10.8. The van der Waals surface area contributed by atoms with Gasteiger partial charge < -0.3 is 4.90 Å². The van der Waals surface area contributed by atoms with Crippen molar-refractivity contribution >= 4 is 0 Å². The molecule has 0 atom stereocenters. The Bertz CT molecular complexity index is 333. The molecule has 1 heteroatoms. The molecular weight excluding hydrogens is 266 g/mol. The third-order valence-corrected chi connectivity index (χ3v) is 4.44. The van der Waals surface area contributed by atoms with Crippen LogP contribution >= 0.6 is 0 Å². The Morgan fingerprint density at radius 1 is 0.682 bits per heavy atom. The van der Waals surface area contributed by atoms with Crippen LogP contribution in [0.4, 0.5) is 0 Å². The maximum Gasteiger partial charge on any atom is 0.0230 e. The van der Waals surface area contributed by atoms with E-state index in [1.165, 1.54) is 82.7 Å². The van der Waals surface area contributed by atoms with Crippen molar-refractivity contribution in [2.75, 3.05) is 13.6 Å². The summed E-state index contributed by atoms with van der Waals surface area (Å²) in [4.78, 5) is 2.45. The van der Waals surface area contributed by atoms with Crippen LogP contribution in [-0.4, -0.2) is 18.5 Å². The van der Waals surface area contributed by atoms with Crippen molar-refractivity contribution in [3.63, 3.8) is 0 Å². The fraction of sp³-hybridized carbons (Fsp3) is 0.714. The van der Waals surface area contributed by atoms with Gasteiger partial charge in [-0.05, 0) is 25.6 Å². The lowest BCUT2D eigenvalue weighted by Crippen LogP contribution is -2.18. The van der Waals surface area contributed by atoms with Gasteiger partial charge in [0, 0.05) is 6.54 Å². The van der Waals surface area contributed by atoms with Gasteiger partial charge in [0.1, 0.15) is 0 Å². The summed E-state index contributed by atoms with van der Waals surface area (Å²) in [6.07, 6.45) is 15.7. The monoisotopic (exact) mass is 303 g/mol. The van der Waals surface area contributed by atoms with Gasteiger partial charge in [-0.2, -0.15) is 0 Å². The van der Waals surface area contributed by atoms with E-state index >= 15 is 0 Å². The smallest absolute Gasteiger partial charge is 0.0230 e. The molecule has 0 amide bonds. The first-order chi connectivity index (χ1) is 10.8. The molecule has 1 aromatic rings. The van der Waals surface area contributed by atoms with Crippen LogP contribution in [-0.2, 0) is 6.54 Å². The second-order valence-electron chi connectivity index (χ2n) is 6.76. The van der Waals surface area contributed by atoms with Crippen LogP contribution in [0.15, 0.2) is 30.3 Å². The lowest BCUT2D eigenvalue weighted by molar-refractivity contribution is 0.316. The lowest BCUT2D eigenvalue weighted by atomic mass is 10.1. The Balaban J connectivity index is 1.85. The molecular formula is C21H37N. The normalized spacial score (nSPS) is 11.2. The first-order valence-corrected chi connectivity index (χ1v) is 9.55. The van der Waals surface area contributed by atoms with Gasteiger partial charge in [0.15, 0.2) is 0 Å². The molecule has 1 nitrogen and oxygen atoms in total. The van der Waals surface area contributed by atoms with Crippen LogP contribution in [0, 0.1) is 0 Å². The van der Waals surface area contributed by atoms with Crippen molar-refractivity contribution < 1.29 is 0 Å². The molecule has 126 valence electrons. The minimum absolute atomic E-state index is 1.08. The third kappa shape index (κ3) is 10.8. The minimum Gasteiger partial charge on any atom is -0.302 e. The van der Waals surface area contributed by atoms with Crippen LogP contribution in [0.2, 0.25) is 0 Å². The summed E-state index contributed by atoms with van der Waals surface area (Å²) < 4.78 is 0. The first kappa shape index (κ1) is 19.2. The highest BCUT2D eigenvalue weighted by molar-refractivity contribution is 5.14. The van der Waals surface area contributed by atoms with E-state index in [4.69, 9.17) is 0 Å². The maximum atomic E-state index is 2.45. The van der Waals surface area contributed by atoms with E-state index in [0.29, 0.717) is 0 Å². The Hall–Kier alpha value is -0.820. The first-order valence-electron chi connectivity index (χ1n) is 9.55. The van der Waals surface area contributed by atoms with Crippen LogP contribution in [0.5, 0.6) is 0 Å². The number of unbranched alkanes of at least 4 members (excludes halogenated alkanes) is 10. The Labute approximate surface area is 139 Å². The summed E-state index contributed by atoms with van der Waals surface area (Å²) in [5.74, 6) is 0. The fourth-order valence-corrected chi connectivity index (χ4v) is 3.02. The minimum atomic E-state index is 1.08. The van der Waals surface area contributed by atoms with Gasteiger partial charge in [0.2, 0.25) is 0 Å². The summed E-state index contributed by atoms with van der Waals surface area (Å²) in [5, 5.41) is 0. The van der Waals surface area contributed by atoms with Crippen molar-refractivity contribution in [2.24, 2.45) is 0 Å². The molecule has 0 radical (unpaired) electrons. The molecule has 0 bridgehead atoms. The molecule has 0 saturated heterocycles. The zero-order valence-corrected chi connectivity index (χ0v) is 15.0. The van der Waals surface area contributed by atoms with Gasteiger partial charge in [0.05, 0.1) is 0 Å². The second kappa shape index (κ2) is 13.8. The van der Waals surface area contributed by atoms with Crippen molar-refractivity contribution in [2.45, 2.75) is 84.1 Å². The number of nitrogens with zero attached hydrogens (tertiary/aromatic N) is 1. The quantitative estimate of drug-likeness (QED) is 0.358. The molecule has 0 spiro atoms. The maximum absolute atomic E-state index is 2.45. The molecule has 0 fully saturated rings. The molecule has 0 aliphatic heterocycles. The number of hydrogen-bond acceptors (Lipinski definition) is 1. The average Bonchev–Trinajstić information content (AvgIpc) is 2.53. The van der Waals surface area contributed by atoms with Gasteiger partial charge >= 0.3 is 0 Å². The fourth-order valence-electron chi connectivity index (χ4n) is 3.02. The zero-order valence-electron chi connectivity index (χ0n) is 15.0. The van der Waals surface area contributed by atoms with E-state index in [-0.39, 0.29) is 0 Å². The largest absolute Gasteiger partial charge is 0.302 e. The predicted molar refractivity (Wildman–Crippen MR) is 99.2 cm³/mol. The molecule has 0 heterocycles. The summed E-state index contributed by atoms with van der Waals surface area (Å²) >= 11 is 0. The topological polar surface area (TPSA) is 3.24 Å². The SMILES string of the molecule is CCCCCCCCCCCCCN(C)Cc1ccccc1. The van der Waals surface area contributed by atoms with Gasteiger partial charge in [-0.3, -0.25) is 0 Å². The molecule has 0 aliphatic rings. The summed E-state index contributed by atoms with van der Waals surface area (Å²) in [5.41, 5.74) is 1.42. The van der Waals surface area contributed by atoms with E-state index < -0.39 is 0 Å². The summed E-state index contributed by atoms with van der Waals surface area (Å²) in [7, 11) is 2.24. The predicted octanol–water partition coefficient (Wildman–Crippen LogP) is 6.43. The summed E-state index contributed by atoms with van der Waals surface area (Å²) in [6.45, 7) is 4.60. The molecule has 0 N–H and O–H groups in total. The van der Waals surface area contributed by atoms with Crippen LogP contribution in [0.25, 0.3) is 0 Å². The van der Waals surface area contributed by atoms with Gasteiger partial charge in [-0.15, -0.1) is 0 Å². The average molecular weight is 304 g/mol. The van der Waals surface area contributed by atoms with Gasteiger partial charge in [-0.25, -0.2) is 0 Å². The lowest BCUT2D eigenvalue weighted by Gasteiger charge is -2.16. The highest BCUT2D eigenvalue weighted by Gasteiger charge is 1.99. The van der Waals surface area contributed by atoms with Crippen LogP contribution in [0.3, 0.4) is 0 Å². The van der Waals surface area contributed by atoms with Gasteiger partial charge in [-0.1, -0.05) is 101 Å². The second-order valence-corrected chi connectivity index (χ2v) is 6.76. The Kier molecular flexibility index (Phi) is 12.1. The molecule has 1 rings (SSSR count). The van der Waals surface area contributed by atoms with Crippen molar-refractivity contribution in [3.05, 3.63) is 35.9 Å². The van der Waals surface area contributed by atoms with E-state index in [1.807, 2.05) is 0 Å². The molecule has 0 aliphatic carbocycles. The van der Waals surface area contributed by atoms with E-state index in [2.05, 4.69) is 49.2 Å². The highest BCUT2D eigenvalue weighted by Crippen LogP contribution is 2.11. The van der Waals surface area contributed by atoms with Gasteiger partial charge in [0.25, 0.3) is 0 Å². The third-order valence-electron chi connectivity index (χ3n) is 4.44. The van der Waals surface area contributed by atoms with Crippen molar-refractivity contribution in [1.29, 1.82) is 0 Å². The molecule has 0 unspecified atom stereocenters. The Morgan fingerprint density at radius 3 is 1.73 bits per heavy atom. The standard InChI is InChI=1S/C21H37N/c1-3-4-5-6-7-8-9-10-11-12-16-19-22(2)20-21-17-14-13-15-18-21/h13-15,17-18H,3-12,16,19-20H2,1-2H3. The number of hydrogen-bond donors (Lipinski definition) is 0. The zero-order chi connectivity index (χ0) is 15.9. The molecule has 0 saturated carbocycles. The molecule has 0 aromatic heterocycles. The number of benzene rings is 1. The van der Waals surface area contributed by atoms with Crippen molar-refractivity contribution in [3.8, 4) is 0 Å². The number of rotatable bonds is 14. The van der Waals surface area contributed by atoms with Crippen LogP contribution < -0.4 is 0 Å². The molecule has 22 heavy (non-hydrogen) atoms. The van der Waals surface area contributed by atoms with E-state index in [9.17, 15) is 0 Å². The highest BCUT2D eigenvalue weighted by atomic mass is 15.1. The Morgan fingerprint density at radius 2 is 1.18 bits per heavy atom. The van der Waals surface area contributed by atoms with E-state index in [1.54, 1.807) is 0 Å². The molecule has 1 aromatic carbocycles. The van der Waals surface area contributed by atoms with E-state index in [0.717, 1.165) is 6.54 Å². The van der Waals surface area contributed by atoms with Crippen molar-refractivity contribution in [1.82, 2.24) is 4.90 Å².